The van der Waals surface area contributed by atoms with Crippen molar-refractivity contribution in [3.63, 3.8) is 0 Å². The molecule has 3 amide bonds. The van der Waals surface area contributed by atoms with Gasteiger partial charge in [-0.25, -0.2) is 4.79 Å². The summed E-state index contributed by atoms with van der Waals surface area (Å²) in [6, 6.07) is -0.0588. The zero-order chi connectivity index (χ0) is 13.8. The van der Waals surface area contributed by atoms with E-state index in [4.69, 9.17) is 0 Å². The van der Waals surface area contributed by atoms with Crippen LogP contribution in [0.2, 0.25) is 0 Å². The molecule has 9 heteroatoms. The number of carbonyl (C=O) groups excluding carboxylic acids is 2. The Kier molecular flexibility index (Phi) is 4.59. The van der Waals surface area contributed by atoms with E-state index in [0.717, 1.165) is 11.4 Å². The molecule has 1 aliphatic heterocycles. The molecule has 2 rings (SSSR count). The first-order chi connectivity index (χ1) is 9.02. The fourth-order valence-corrected chi connectivity index (χ4v) is 3.29. The number of thioether (sulfide) groups is 1. The Morgan fingerprint density at radius 3 is 2.95 bits per heavy atom. The number of aromatic nitrogens is 2. The molecule has 1 aromatic rings. The lowest BCUT2D eigenvalue weighted by Gasteiger charge is -2.28. The fourth-order valence-electron chi connectivity index (χ4n) is 1.64. The third-order valence-corrected chi connectivity index (χ3v) is 4.32. The van der Waals surface area contributed by atoms with Crippen molar-refractivity contribution in [2.45, 2.75) is 31.7 Å². The van der Waals surface area contributed by atoms with E-state index in [1.165, 1.54) is 23.1 Å². The number of hydrogen-bond acceptors (Lipinski definition) is 6. The Hall–Kier alpha value is -1.35. The molecule has 1 aliphatic rings. The SMILES string of the molecule is Cc1nnc(NC(=O)CSC2CC(C)NC(=O)N2)s1. The van der Waals surface area contributed by atoms with Crippen LogP contribution in [0.25, 0.3) is 0 Å². The van der Waals surface area contributed by atoms with Crippen LogP contribution in [0.3, 0.4) is 0 Å². The van der Waals surface area contributed by atoms with Gasteiger partial charge in [0, 0.05) is 6.04 Å². The standard InChI is InChI=1S/C10H15N5O2S2/c1-5-3-8(13-9(17)11-5)18-4-7(16)12-10-15-14-6(2)19-10/h5,8H,3-4H2,1-2H3,(H2,11,13,17)(H,12,15,16). The molecule has 104 valence electrons. The zero-order valence-corrected chi connectivity index (χ0v) is 12.2. The number of aryl methyl sites for hydroxylation is 1. The van der Waals surface area contributed by atoms with Crippen molar-refractivity contribution < 1.29 is 9.59 Å². The summed E-state index contributed by atoms with van der Waals surface area (Å²) in [5, 5.41) is 17.1. The summed E-state index contributed by atoms with van der Waals surface area (Å²) >= 11 is 2.75. The smallest absolute Gasteiger partial charge is 0.315 e. The van der Waals surface area contributed by atoms with Gasteiger partial charge in [-0.3, -0.25) is 10.1 Å². The van der Waals surface area contributed by atoms with E-state index in [-0.39, 0.29) is 29.1 Å². The molecular weight excluding hydrogens is 286 g/mol. The molecule has 1 saturated heterocycles. The highest BCUT2D eigenvalue weighted by atomic mass is 32.2. The molecule has 7 nitrogen and oxygen atoms in total. The van der Waals surface area contributed by atoms with Gasteiger partial charge in [-0.05, 0) is 20.3 Å². The number of nitrogens with zero attached hydrogens (tertiary/aromatic N) is 2. The number of anilines is 1. The molecule has 1 aromatic heterocycles. The maximum absolute atomic E-state index is 11.7. The number of nitrogens with one attached hydrogen (secondary N) is 3. The Balaban J connectivity index is 1.75. The second kappa shape index (κ2) is 6.20. The minimum absolute atomic E-state index is 0.0364. The van der Waals surface area contributed by atoms with Crippen LogP contribution in [-0.4, -0.2) is 39.3 Å². The van der Waals surface area contributed by atoms with Gasteiger partial charge >= 0.3 is 6.03 Å². The highest BCUT2D eigenvalue weighted by Crippen LogP contribution is 2.18. The molecule has 19 heavy (non-hydrogen) atoms. The van der Waals surface area contributed by atoms with Gasteiger partial charge in [0.25, 0.3) is 0 Å². The zero-order valence-electron chi connectivity index (χ0n) is 10.6. The first kappa shape index (κ1) is 14.1. The van der Waals surface area contributed by atoms with Gasteiger partial charge in [0.05, 0.1) is 11.1 Å². The monoisotopic (exact) mass is 301 g/mol. The second-order valence-corrected chi connectivity index (χ2v) is 6.60. The molecule has 0 bridgehead atoms. The van der Waals surface area contributed by atoms with Crippen molar-refractivity contribution in [3.05, 3.63) is 5.01 Å². The molecule has 0 aliphatic carbocycles. The van der Waals surface area contributed by atoms with E-state index in [0.29, 0.717) is 5.13 Å². The molecule has 2 atom stereocenters. The van der Waals surface area contributed by atoms with E-state index in [9.17, 15) is 9.59 Å². The molecule has 0 aromatic carbocycles. The Bertz CT molecular complexity index is 478. The molecule has 0 radical (unpaired) electrons. The lowest BCUT2D eigenvalue weighted by molar-refractivity contribution is -0.113. The number of hydrogen-bond donors (Lipinski definition) is 3. The minimum atomic E-state index is -0.184. The van der Waals surface area contributed by atoms with Crippen LogP contribution >= 0.6 is 23.1 Å². The van der Waals surface area contributed by atoms with Crippen molar-refractivity contribution in [1.29, 1.82) is 0 Å². The van der Waals surface area contributed by atoms with Crippen molar-refractivity contribution in [1.82, 2.24) is 20.8 Å². The normalized spacial score (nSPS) is 22.5. The summed E-state index contributed by atoms with van der Waals surface area (Å²) in [6.07, 6.45) is 0.793. The van der Waals surface area contributed by atoms with Gasteiger partial charge in [0.15, 0.2) is 0 Å². The molecule has 3 N–H and O–H groups in total. The van der Waals surface area contributed by atoms with Gasteiger partial charge in [0.1, 0.15) is 5.01 Å². The van der Waals surface area contributed by atoms with E-state index < -0.39 is 0 Å². The lowest BCUT2D eigenvalue weighted by atomic mass is 10.2. The van der Waals surface area contributed by atoms with E-state index in [1.807, 2.05) is 13.8 Å². The second-order valence-electron chi connectivity index (χ2n) is 4.23. The quantitative estimate of drug-likeness (QED) is 0.769. The van der Waals surface area contributed by atoms with Crippen LogP contribution in [0.4, 0.5) is 9.93 Å². The van der Waals surface area contributed by atoms with Crippen molar-refractivity contribution in [2.24, 2.45) is 0 Å². The largest absolute Gasteiger partial charge is 0.336 e. The summed E-state index contributed by atoms with van der Waals surface area (Å²) in [5.41, 5.74) is 0. The fraction of sp³-hybridized carbons (Fsp3) is 0.600. The number of amides is 3. The van der Waals surface area contributed by atoms with Crippen molar-refractivity contribution >= 4 is 40.2 Å². The molecule has 2 unspecified atom stereocenters. The molecule has 1 fully saturated rings. The summed E-state index contributed by atoms with van der Waals surface area (Å²) in [6.45, 7) is 3.77. The van der Waals surface area contributed by atoms with Gasteiger partial charge in [-0.15, -0.1) is 22.0 Å². The Morgan fingerprint density at radius 2 is 2.32 bits per heavy atom. The third-order valence-electron chi connectivity index (χ3n) is 2.43. The summed E-state index contributed by atoms with van der Waals surface area (Å²) in [7, 11) is 0. The van der Waals surface area contributed by atoms with Crippen LogP contribution < -0.4 is 16.0 Å². The average molecular weight is 301 g/mol. The maximum atomic E-state index is 11.7. The van der Waals surface area contributed by atoms with Crippen LogP contribution in [0.5, 0.6) is 0 Å². The Morgan fingerprint density at radius 1 is 1.53 bits per heavy atom. The van der Waals surface area contributed by atoms with Crippen molar-refractivity contribution in [3.8, 4) is 0 Å². The van der Waals surface area contributed by atoms with E-state index in [1.54, 1.807) is 0 Å². The first-order valence-electron chi connectivity index (χ1n) is 5.81. The molecule has 0 saturated carbocycles. The average Bonchev–Trinajstić information content (AvgIpc) is 2.71. The maximum Gasteiger partial charge on any atom is 0.315 e. The van der Waals surface area contributed by atoms with Crippen molar-refractivity contribution in [2.75, 3.05) is 11.1 Å². The molecule has 2 heterocycles. The predicted octanol–water partition coefficient (Wildman–Crippen LogP) is 0.936. The van der Waals surface area contributed by atoms with Crippen LogP contribution in [0.15, 0.2) is 0 Å². The van der Waals surface area contributed by atoms with E-state index >= 15 is 0 Å². The summed E-state index contributed by atoms with van der Waals surface area (Å²) < 4.78 is 0. The van der Waals surface area contributed by atoms with Gasteiger partial charge in [0.2, 0.25) is 11.0 Å². The highest BCUT2D eigenvalue weighted by molar-refractivity contribution is 8.00. The number of urea groups is 1. The topological polar surface area (TPSA) is 96.0 Å². The minimum Gasteiger partial charge on any atom is -0.336 e. The van der Waals surface area contributed by atoms with Crippen LogP contribution in [0, 0.1) is 6.92 Å². The van der Waals surface area contributed by atoms with Gasteiger partial charge < -0.3 is 10.6 Å². The first-order valence-corrected chi connectivity index (χ1v) is 7.68. The summed E-state index contributed by atoms with van der Waals surface area (Å²) in [4.78, 5) is 23.0. The lowest BCUT2D eigenvalue weighted by Crippen LogP contribution is -2.52. The predicted molar refractivity (Wildman–Crippen MR) is 75.3 cm³/mol. The highest BCUT2D eigenvalue weighted by Gasteiger charge is 2.23. The van der Waals surface area contributed by atoms with Gasteiger partial charge in [-0.1, -0.05) is 11.3 Å². The van der Waals surface area contributed by atoms with E-state index in [2.05, 4.69) is 26.1 Å². The molecule has 0 spiro atoms. The van der Waals surface area contributed by atoms with Crippen LogP contribution in [-0.2, 0) is 4.79 Å². The Labute approximate surface area is 118 Å². The van der Waals surface area contributed by atoms with Crippen LogP contribution in [0.1, 0.15) is 18.4 Å². The van der Waals surface area contributed by atoms with Gasteiger partial charge in [-0.2, -0.15) is 0 Å². The number of carbonyl (C=O) groups is 2. The summed E-state index contributed by atoms with van der Waals surface area (Å²) in [5.74, 6) is 0.137. The number of rotatable bonds is 4. The molecular formula is C10H15N5O2S2. The third kappa shape index (κ3) is 4.35.